The van der Waals surface area contributed by atoms with Crippen LogP contribution in [0, 0.1) is 0 Å². The summed E-state index contributed by atoms with van der Waals surface area (Å²) in [6, 6.07) is 2.18. The number of hydrogen-bond donors (Lipinski definition) is 1. The molecule has 0 aromatic carbocycles. The second kappa shape index (κ2) is 6.04. The molecule has 21 heavy (non-hydrogen) atoms. The van der Waals surface area contributed by atoms with Crippen LogP contribution >= 0.6 is 0 Å². The fourth-order valence-corrected chi connectivity index (χ4v) is 1.76. The lowest BCUT2D eigenvalue weighted by Crippen LogP contribution is -2.09. The van der Waals surface area contributed by atoms with Gasteiger partial charge in [0.05, 0.1) is 11.3 Å². The van der Waals surface area contributed by atoms with Crippen molar-refractivity contribution in [2.75, 3.05) is 12.3 Å². The monoisotopic (exact) mass is 298 g/mol. The Bertz CT molecular complexity index is 631. The fourth-order valence-electron chi connectivity index (χ4n) is 1.76. The first-order valence-corrected chi connectivity index (χ1v) is 6.14. The summed E-state index contributed by atoms with van der Waals surface area (Å²) in [5, 5.41) is 0. The van der Waals surface area contributed by atoms with Crippen molar-refractivity contribution < 1.29 is 17.9 Å². The van der Waals surface area contributed by atoms with Crippen LogP contribution < -0.4 is 5.73 Å². The third-order valence-corrected chi connectivity index (χ3v) is 2.63. The van der Waals surface area contributed by atoms with Crippen molar-refractivity contribution in [3.05, 3.63) is 35.9 Å². The van der Waals surface area contributed by atoms with Crippen molar-refractivity contribution in [3.8, 4) is 11.3 Å². The minimum Gasteiger partial charge on any atom is -0.384 e. The average molecular weight is 298 g/mol. The molecule has 8 heteroatoms. The Hall–Kier alpha value is -2.22. The minimum atomic E-state index is -4.50. The quantitative estimate of drug-likeness (QED) is 0.939. The van der Waals surface area contributed by atoms with Gasteiger partial charge >= 0.3 is 6.18 Å². The smallest absolute Gasteiger partial charge is 0.384 e. The molecular weight excluding hydrogens is 285 g/mol. The molecule has 0 atom stereocenters. The minimum absolute atomic E-state index is 0.0672. The highest BCUT2D eigenvalue weighted by Gasteiger charge is 2.34. The molecule has 0 saturated heterocycles. The van der Waals surface area contributed by atoms with Crippen molar-refractivity contribution in [1.82, 2.24) is 15.0 Å². The van der Waals surface area contributed by atoms with Crippen LogP contribution in [0.1, 0.15) is 18.3 Å². The second-order valence-corrected chi connectivity index (χ2v) is 4.15. The van der Waals surface area contributed by atoms with Crippen LogP contribution in [0.5, 0.6) is 0 Å². The van der Waals surface area contributed by atoms with E-state index in [0.29, 0.717) is 6.61 Å². The Kier molecular flexibility index (Phi) is 4.37. The van der Waals surface area contributed by atoms with Crippen molar-refractivity contribution in [2.45, 2.75) is 19.7 Å². The number of alkyl halides is 3. The molecule has 0 fully saturated rings. The molecule has 0 spiro atoms. The van der Waals surface area contributed by atoms with E-state index in [0.717, 1.165) is 18.5 Å². The maximum absolute atomic E-state index is 13.0. The van der Waals surface area contributed by atoms with E-state index in [1.54, 1.807) is 6.92 Å². The number of nitrogen functional groups attached to an aromatic ring is 1. The Labute approximate surface area is 119 Å². The molecule has 2 rings (SSSR count). The van der Waals surface area contributed by atoms with Crippen LogP contribution in [0.3, 0.4) is 0 Å². The molecule has 0 aliphatic heterocycles. The summed E-state index contributed by atoms with van der Waals surface area (Å²) in [5.74, 6) is 0.301. The molecular formula is C13H13F3N4O. The number of pyridine rings is 1. The normalized spacial score (nSPS) is 11.6. The van der Waals surface area contributed by atoms with Gasteiger partial charge in [0.25, 0.3) is 0 Å². The zero-order valence-corrected chi connectivity index (χ0v) is 11.2. The van der Waals surface area contributed by atoms with E-state index >= 15 is 0 Å². The number of halogens is 3. The van der Waals surface area contributed by atoms with E-state index in [9.17, 15) is 13.2 Å². The van der Waals surface area contributed by atoms with Gasteiger partial charge in [0.1, 0.15) is 12.4 Å². The summed E-state index contributed by atoms with van der Waals surface area (Å²) in [6.45, 7) is 2.31. The van der Waals surface area contributed by atoms with Gasteiger partial charge in [-0.25, -0.2) is 9.97 Å². The van der Waals surface area contributed by atoms with E-state index in [2.05, 4.69) is 15.0 Å². The SMILES string of the molecule is CCOCc1nc(N)cc(-c2cnccc2C(F)(F)F)n1. The maximum Gasteiger partial charge on any atom is 0.417 e. The molecule has 0 radical (unpaired) electrons. The fraction of sp³-hybridized carbons (Fsp3) is 0.308. The van der Waals surface area contributed by atoms with Crippen molar-refractivity contribution in [1.29, 1.82) is 0 Å². The first kappa shape index (κ1) is 15.2. The van der Waals surface area contributed by atoms with Gasteiger partial charge in [-0.1, -0.05) is 0 Å². The van der Waals surface area contributed by atoms with E-state index in [-0.39, 0.29) is 29.5 Å². The van der Waals surface area contributed by atoms with E-state index in [1.165, 1.54) is 6.07 Å². The molecule has 2 aromatic heterocycles. The Morgan fingerprint density at radius 2 is 2.05 bits per heavy atom. The summed E-state index contributed by atoms with van der Waals surface area (Å²) >= 11 is 0. The lowest BCUT2D eigenvalue weighted by atomic mass is 10.1. The van der Waals surface area contributed by atoms with Crippen LogP contribution in [0.2, 0.25) is 0 Å². The van der Waals surface area contributed by atoms with Gasteiger partial charge in [-0.15, -0.1) is 0 Å². The summed E-state index contributed by atoms with van der Waals surface area (Å²) in [6.07, 6.45) is -2.31. The first-order chi connectivity index (χ1) is 9.91. The molecule has 112 valence electrons. The molecule has 0 unspecified atom stereocenters. The van der Waals surface area contributed by atoms with Crippen molar-refractivity contribution in [2.24, 2.45) is 0 Å². The molecule has 0 aliphatic carbocycles. The number of nitrogens with two attached hydrogens (primary N) is 1. The largest absolute Gasteiger partial charge is 0.417 e. The van der Waals surface area contributed by atoms with Gasteiger partial charge in [-0.3, -0.25) is 4.98 Å². The molecule has 0 aliphatic rings. The van der Waals surface area contributed by atoms with Gasteiger partial charge in [0.2, 0.25) is 0 Å². The van der Waals surface area contributed by atoms with E-state index in [1.807, 2.05) is 0 Å². The molecule has 0 bridgehead atoms. The Balaban J connectivity index is 2.49. The lowest BCUT2D eigenvalue weighted by Gasteiger charge is -2.12. The van der Waals surface area contributed by atoms with Gasteiger partial charge in [-0.05, 0) is 13.0 Å². The third-order valence-electron chi connectivity index (χ3n) is 2.63. The topological polar surface area (TPSA) is 73.9 Å². The Morgan fingerprint density at radius 3 is 2.71 bits per heavy atom. The van der Waals surface area contributed by atoms with Crippen LogP contribution in [-0.2, 0) is 17.5 Å². The third kappa shape index (κ3) is 3.66. The lowest BCUT2D eigenvalue weighted by molar-refractivity contribution is -0.137. The summed E-state index contributed by atoms with van der Waals surface area (Å²) in [7, 11) is 0. The molecule has 0 amide bonds. The van der Waals surface area contributed by atoms with Crippen LogP contribution in [0.15, 0.2) is 24.5 Å². The first-order valence-electron chi connectivity index (χ1n) is 6.14. The molecule has 2 aromatic rings. The number of nitrogens with zero attached hydrogens (tertiary/aromatic N) is 3. The predicted octanol–water partition coefficient (Wildman–Crippen LogP) is 2.68. The Morgan fingerprint density at radius 1 is 1.29 bits per heavy atom. The standard InChI is InChI=1S/C13H13F3N4O/c1-2-21-7-12-19-10(5-11(17)20-12)8-6-18-4-3-9(8)13(14,15)16/h3-6H,2,7H2,1H3,(H2,17,19,20). The average Bonchev–Trinajstić information content (AvgIpc) is 2.43. The predicted molar refractivity (Wildman–Crippen MR) is 70.0 cm³/mol. The van der Waals surface area contributed by atoms with Crippen LogP contribution in [0.4, 0.5) is 19.0 Å². The number of aromatic nitrogens is 3. The molecule has 2 N–H and O–H groups in total. The summed E-state index contributed by atoms with van der Waals surface area (Å²) in [4.78, 5) is 11.7. The number of ether oxygens (including phenoxy) is 1. The zero-order valence-electron chi connectivity index (χ0n) is 11.2. The number of hydrogen-bond acceptors (Lipinski definition) is 5. The molecule has 0 saturated carbocycles. The highest BCUT2D eigenvalue weighted by Crippen LogP contribution is 2.36. The number of rotatable bonds is 4. The zero-order chi connectivity index (χ0) is 15.5. The van der Waals surface area contributed by atoms with Crippen molar-refractivity contribution >= 4 is 5.82 Å². The number of anilines is 1. The van der Waals surface area contributed by atoms with Crippen LogP contribution in [0.25, 0.3) is 11.3 Å². The van der Waals surface area contributed by atoms with Gasteiger partial charge in [0, 0.05) is 30.6 Å². The van der Waals surface area contributed by atoms with Gasteiger partial charge < -0.3 is 10.5 Å². The summed E-state index contributed by atoms with van der Waals surface area (Å²) < 4.78 is 44.2. The highest BCUT2D eigenvalue weighted by atomic mass is 19.4. The summed E-state index contributed by atoms with van der Waals surface area (Å²) in [5.41, 5.74) is 4.72. The highest BCUT2D eigenvalue weighted by molar-refractivity contribution is 5.65. The second-order valence-electron chi connectivity index (χ2n) is 4.15. The van der Waals surface area contributed by atoms with Gasteiger partial charge in [0.15, 0.2) is 5.82 Å². The van der Waals surface area contributed by atoms with E-state index < -0.39 is 11.7 Å². The van der Waals surface area contributed by atoms with Gasteiger partial charge in [-0.2, -0.15) is 13.2 Å². The van der Waals surface area contributed by atoms with E-state index in [4.69, 9.17) is 10.5 Å². The van der Waals surface area contributed by atoms with Crippen molar-refractivity contribution in [3.63, 3.8) is 0 Å². The molecule has 5 nitrogen and oxygen atoms in total. The molecule has 2 heterocycles. The maximum atomic E-state index is 13.0. The van der Waals surface area contributed by atoms with Crippen LogP contribution in [-0.4, -0.2) is 21.6 Å².